The summed E-state index contributed by atoms with van der Waals surface area (Å²) in [5.41, 5.74) is -0.949. The predicted molar refractivity (Wildman–Crippen MR) is 92.4 cm³/mol. The van der Waals surface area contributed by atoms with Gasteiger partial charge in [-0.1, -0.05) is 25.3 Å². The third-order valence-corrected chi connectivity index (χ3v) is 5.30. The highest BCUT2D eigenvalue weighted by Gasteiger charge is 2.41. The molecule has 1 atom stereocenters. The molecule has 0 spiro atoms. The molecule has 0 amide bonds. The van der Waals surface area contributed by atoms with Crippen LogP contribution in [0.1, 0.15) is 49.3 Å². The first-order chi connectivity index (χ1) is 11.5. The standard InChI is InChI=1S/C18H24F4N2.ClH/c19-15-8-4-7-14(18(20,21)22)16(15)17(13-5-2-1-3-6-13)24-11-9-23-10-12-24;/h4,7-8,13,17,23H,1-3,5-6,9-12H2;1H/t17-;/m1./s1. The lowest BCUT2D eigenvalue weighted by molar-refractivity contribution is -0.139. The molecule has 1 aliphatic carbocycles. The summed E-state index contributed by atoms with van der Waals surface area (Å²) in [7, 11) is 0. The minimum absolute atomic E-state index is 0. The van der Waals surface area contributed by atoms with E-state index >= 15 is 0 Å². The molecule has 1 heterocycles. The van der Waals surface area contributed by atoms with Gasteiger partial charge in [-0.2, -0.15) is 13.2 Å². The van der Waals surface area contributed by atoms with Crippen LogP contribution in [0.3, 0.4) is 0 Å². The lowest BCUT2D eigenvalue weighted by Gasteiger charge is -2.42. The Morgan fingerprint density at radius 3 is 2.28 bits per heavy atom. The Bertz CT molecular complexity index is 534. The van der Waals surface area contributed by atoms with E-state index in [9.17, 15) is 17.6 Å². The molecule has 1 aromatic carbocycles. The molecule has 3 rings (SSSR count). The van der Waals surface area contributed by atoms with Gasteiger partial charge in [0.15, 0.2) is 0 Å². The van der Waals surface area contributed by atoms with Gasteiger partial charge in [0.25, 0.3) is 0 Å². The van der Waals surface area contributed by atoms with E-state index in [1.165, 1.54) is 6.07 Å². The molecule has 0 bridgehead atoms. The van der Waals surface area contributed by atoms with E-state index in [0.29, 0.717) is 13.1 Å². The summed E-state index contributed by atoms with van der Waals surface area (Å²) in [5.74, 6) is -0.631. The average Bonchev–Trinajstić information content (AvgIpc) is 2.57. The zero-order valence-corrected chi connectivity index (χ0v) is 14.9. The first-order valence-corrected chi connectivity index (χ1v) is 8.79. The van der Waals surface area contributed by atoms with E-state index in [4.69, 9.17) is 0 Å². The van der Waals surface area contributed by atoms with Gasteiger partial charge in [0.05, 0.1) is 5.56 Å². The normalized spacial score (nSPS) is 21.6. The molecule has 2 nitrogen and oxygen atoms in total. The van der Waals surface area contributed by atoms with Crippen molar-refractivity contribution in [1.82, 2.24) is 10.2 Å². The van der Waals surface area contributed by atoms with Gasteiger partial charge >= 0.3 is 6.18 Å². The first-order valence-electron chi connectivity index (χ1n) is 8.79. The summed E-state index contributed by atoms with van der Waals surface area (Å²) in [4.78, 5) is 2.06. The van der Waals surface area contributed by atoms with Crippen LogP contribution in [0.15, 0.2) is 18.2 Å². The zero-order chi connectivity index (χ0) is 17.2. The highest BCUT2D eigenvalue weighted by atomic mass is 35.5. The van der Waals surface area contributed by atoms with Crippen molar-refractivity contribution in [3.05, 3.63) is 35.1 Å². The molecule has 1 N–H and O–H groups in total. The van der Waals surface area contributed by atoms with Crippen molar-refractivity contribution in [2.24, 2.45) is 5.92 Å². The molecule has 1 aromatic rings. The highest BCUT2D eigenvalue weighted by Crippen LogP contribution is 2.44. The number of piperazine rings is 1. The fraction of sp³-hybridized carbons (Fsp3) is 0.667. The number of rotatable bonds is 3. The van der Waals surface area contributed by atoms with Crippen molar-refractivity contribution < 1.29 is 17.6 Å². The summed E-state index contributed by atoms with van der Waals surface area (Å²) < 4.78 is 55.2. The molecular formula is C18H25ClF4N2. The van der Waals surface area contributed by atoms with Gasteiger partial charge in [0.2, 0.25) is 0 Å². The van der Waals surface area contributed by atoms with Gasteiger partial charge in [0, 0.05) is 37.8 Å². The molecule has 2 aliphatic rings. The van der Waals surface area contributed by atoms with Crippen molar-refractivity contribution >= 4 is 12.4 Å². The molecule has 7 heteroatoms. The molecule has 1 saturated heterocycles. The third kappa shape index (κ3) is 4.66. The minimum atomic E-state index is -4.53. The topological polar surface area (TPSA) is 15.3 Å². The molecule has 1 saturated carbocycles. The predicted octanol–water partition coefficient (Wildman–Crippen LogP) is 4.79. The zero-order valence-electron chi connectivity index (χ0n) is 14.1. The maximum absolute atomic E-state index is 14.6. The Morgan fingerprint density at radius 2 is 1.68 bits per heavy atom. The number of hydrogen-bond donors (Lipinski definition) is 1. The molecular weight excluding hydrogens is 356 g/mol. The van der Waals surface area contributed by atoms with E-state index < -0.39 is 23.6 Å². The Labute approximate surface area is 152 Å². The molecule has 2 fully saturated rings. The molecule has 0 unspecified atom stereocenters. The Hall–Kier alpha value is -0.850. The second kappa shape index (κ2) is 8.69. The number of benzene rings is 1. The van der Waals surface area contributed by atoms with Crippen molar-refractivity contribution in [1.29, 1.82) is 0 Å². The highest BCUT2D eigenvalue weighted by molar-refractivity contribution is 5.85. The minimum Gasteiger partial charge on any atom is -0.314 e. The Balaban J connectivity index is 0.00000225. The van der Waals surface area contributed by atoms with Crippen LogP contribution in [0, 0.1) is 11.7 Å². The van der Waals surface area contributed by atoms with Crippen LogP contribution >= 0.6 is 12.4 Å². The molecule has 25 heavy (non-hydrogen) atoms. The van der Waals surface area contributed by atoms with Crippen molar-refractivity contribution in [3.8, 4) is 0 Å². The van der Waals surface area contributed by atoms with Crippen molar-refractivity contribution in [2.75, 3.05) is 26.2 Å². The maximum atomic E-state index is 14.6. The summed E-state index contributed by atoms with van der Waals surface area (Å²) in [6.45, 7) is 2.79. The van der Waals surface area contributed by atoms with Gasteiger partial charge < -0.3 is 5.32 Å². The van der Waals surface area contributed by atoms with Crippen LogP contribution in [0.25, 0.3) is 0 Å². The lowest BCUT2D eigenvalue weighted by atomic mass is 9.78. The summed E-state index contributed by atoms with van der Waals surface area (Å²) in [6.07, 6.45) is 0.374. The van der Waals surface area contributed by atoms with Crippen LogP contribution < -0.4 is 5.32 Å². The Morgan fingerprint density at radius 1 is 1.04 bits per heavy atom. The number of halogens is 5. The molecule has 0 aromatic heterocycles. The Kier molecular flexibility index (Phi) is 7.11. The average molecular weight is 381 g/mol. The summed E-state index contributed by atoms with van der Waals surface area (Å²) in [6, 6.07) is 2.88. The largest absolute Gasteiger partial charge is 0.416 e. The van der Waals surface area contributed by atoms with E-state index in [-0.39, 0.29) is 23.9 Å². The van der Waals surface area contributed by atoms with E-state index in [1.807, 2.05) is 0 Å². The molecule has 142 valence electrons. The number of nitrogens with one attached hydrogen (secondary N) is 1. The van der Waals surface area contributed by atoms with E-state index in [1.54, 1.807) is 0 Å². The second-order valence-corrected chi connectivity index (χ2v) is 6.83. The van der Waals surface area contributed by atoms with Crippen LogP contribution in [0.2, 0.25) is 0 Å². The maximum Gasteiger partial charge on any atom is 0.416 e. The fourth-order valence-corrected chi connectivity index (χ4v) is 4.21. The second-order valence-electron chi connectivity index (χ2n) is 6.83. The third-order valence-electron chi connectivity index (χ3n) is 5.30. The number of alkyl halides is 3. The smallest absolute Gasteiger partial charge is 0.314 e. The van der Waals surface area contributed by atoms with Gasteiger partial charge in [-0.3, -0.25) is 4.90 Å². The fourth-order valence-electron chi connectivity index (χ4n) is 4.21. The van der Waals surface area contributed by atoms with Crippen LogP contribution in [-0.4, -0.2) is 31.1 Å². The van der Waals surface area contributed by atoms with Gasteiger partial charge in [-0.05, 0) is 30.9 Å². The van der Waals surface area contributed by atoms with Gasteiger partial charge in [0.1, 0.15) is 5.82 Å². The summed E-state index contributed by atoms with van der Waals surface area (Å²) in [5, 5.41) is 3.23. The number of nitrogens with zero attached hydrogens (tertiary/aromatic N) is 1. The summed E-state index contributed by atoms with van der Waals surface area (Å²) >= 11 is 0. The van der Waals surface area contributed by atoms with Gasteiger partial charge in [-0.15, -0.1) is 12.4 Å². The number of hydrogen-bond acceptors (Lipinski definition) is 2. The van der Waals surface area contributed by atoms with Gasteiger partial charge in [-0.25, -0.2) is 4.39 Å². The lowest BCUT2D eigenvalue weighted by Crippen LogP contribution is -2.47. The molecule has 1 aliphatic heterocycles. The van der Waals surface area contributed by atoms with Crippen molar-refractivity contribution in [2.45, 2.75) is 44.3 Å². The van der Waals surface area contributed by atoms with Crippen LogP contribution in [-0.2, 0) is 6.18 Å². The first kappa shape index (κ1) is 20.5. The van der Waals surface area contributed by atoms with E-state index in [0.717, 1.165) is 57.3 Å². The van der Waals surface area contributed by atoms with Crippen LogP contribution in [0.4, 0.5) is 17.6 Å². The quantitative estimate of drug-likeness (QED) is 0.758. The van der Waals surface area contributed by atoms with Crippen molar-refractivity contribution in [3.63, 3.8) is 0 Å². The van der Waals surface area contributed by atoms with E-state index in [2.05, 4.69) is 10.2 Å². The monoisotopic (exact) mass is 380 g/mol. The molecule has 0 radical (unpaired) electrons. The SMILES string of the molecule is Cl.Fc1cccc(C(F)(F)F)c1[C@@H](C1CCCCC1)N1CCNCC1. The van der Waals surface area contributed by atoms with Crippen LogP contribution in [0.5, 0.6) is 0 Å².